The van der Waals surface area contributed by atoms with Crippen LogP contribution >= 0.6 is 0 Å². The van der Waals surface area contributed by atoms with Gasteiger partial charge in [-0.1, -0.05) is 6.07 Å². The van der Waals surface area contributed by atoms with Crippen molar-refractivity contribution in [3.05, 3.63) is 24.0 Å². The Balaban J connectivity index is 2.26. The average Bonchev–Trinajstić information content (AvgIpc) is 2.29. The molecule has 1 saturated heterocycles. The topological polar surface area (TPSA) is 32.5 Å². The van der Waals surface area contributed by atoms with Gasteiger partial charge in [0, 0.05) is 25.2 Å². The molecule has 1 heterocycles. The van der Waals surface area contributed by atoms with E-state index in [1.165, 1.54) is 6.07 Å². The molecule has 0 spiro atoms. The summed E-state index contributed by atoms with van der Waals surface area (Å²) in [6.07, 6.45) is 0. The molecule has 0 amide bonds. The van der Waals surface area contributed by atoms with Crippen molar-refractivity contribution in [1.82, 2.24) is 4.90 Å². The summed E-state index contributed by atoms with van der Waals surface area (Å²) in [5.41, 5.74) is 6.89. The van der Waals surface area contributed by atoms with Gasteiger partial charge >= 0.3 is 0 Å². The summed E-state index contributed by atoms with van der Waals surface area (Å²) < 4.78 is 13.4. The Morgan fingerprint density at radius 3 is 2.41 bits per heavy atom. The molecule has 1 aliphatic heterocycles. The van der Waals surface area contributed by atoms with Gasteiger partial charge in [-0.3, -0.25) is 4.90 Å². The van der Waals surface area contributed by atoms with Crippen molar-refractivity contribution < 1.29 is 4.39 Å². The van der Waals surface area contributed by atoms with Gasteiger partial charge in [0.05, 0.1) is 11.4 Å². The molecule has 0 radical (unpaired) electrons. The highest BCUT2D eigenvalue weighted by molar-refractivity contribution is 5.68. The molecule has 0 aliphatic carbocycles. The zero-order valence-electron chi connectivity index (χ0n) is 10.7. The molecule has 94 valence electrons. The Morgan fingerprint density at radius 1 is 1.24 bits per heavy atom. The summed E-state index contributed by atoms with van der Waals surface area (Å²) in [4.78, 5) is 4.51. The number of anilines is 2. The average molecular weight is 237 g/mol. The third-order valence-electron chi connectivity index (χ3n) is 3.73. The zero-order chi connectivity index (χ0) is 12.6. The number of nitrogens with zero attached hydrogens (tertiary/aromatic N) is 2. The minimum Gasteiger partial charge on any atom is -0.395 e. The number of hydrogen-bond donors (Lipinski definition) is 1. The van der Waals surface area contributed by atoms with Gasteiger partial charge in [0.15, 0.2) is 0 Å². The summed E-state index contributed by atoms with van der Waals surface area (Å²) in [5.74, 6) is -0.332. The second-order valence-electron chi connectivity index (χ2n) is 4.94. The van der Waals surface area contributed by atoms with Crippen molar-refractivity contribution >= 4 is 11.4 Å². The molecule has 4 heteroatoms. The molecule has 2 rings (SSSR count). The monoisotopic (exact) mass is 237 g/mol. The van der Waals surface area contributed by atoms with Crippen molar-refractivity contribution in [3.8, 4) is 0 Å². The summed E-state index contributed by atoms with van der Waals surface area (Å²) >= 11 is 0. The number of para-hydroxylation sites is 1. The Morgan fingerprint density at radius 2 is 1.82 bits per heavy atom. The van der Waals surface area contributed by atoms with E-state index in [1.807, 2.05) is 6.07 Å². The van der Waals surface area contributed by atoms with Gasteiger partial charge in [0.25, 0.3) is 0 Å². The van der Waals surface area contributed by atoms with Crippen molar-refractivity contribution in [3.63, 3.8) is 0 Å². The molecule has 3 nitrogen and oxygen atoms in total. The fraction of sp³-hybridized carbons (Fsp3) is 0.538. The van der Waals surface area contributed by atoms with Crippen LogP contribution in [-0.2, 0) is 0 Å². The first kappa shape index (κ1) is 12.2. The summed E-state index contributed by atoms with van der Waals surface area (Å²) in [6.45, 7) is 6.12. The highest BCUT2D eigenvalue weighted by atomic mass is 19.1. The standard InChI is InChI=1S/C13H20FN3/c1-9-7-17(8-10(2)16(9)3)12-6-4-5-11(14)13(12)15/h4-6,9-10H,7-8,15H2,1-3H3. The third kappa shape index (κ3) is 2.22. The van der Waals surface area contributed by atoms with Crippen molar-refractivity contribution in [2.75, 3.05) is 30.8 Å². The van der Waals surface area contributed by atoms with Gasteiger partial charge in [-0.05, 0) is 33.0 Å². The number of hydrogen-bond acceptors (Lipinski definition) is 3. The first-order valence-electron chi connectivity index (χ1n) is 6.01. The number of rotatable bonds is 1. The molecule has 0 saturated carbocycles. The van der Waals surface area contributed by atoms with Crippen molar-refractivity contribution in [1.29, 1.82) is 0 Å². The molecule has 2 N–H and O–H groups in total. The van der Waals surface area contributed by atoms with Crippen LogP contribution in [0, 0.1) is 5.82 Å². The molecule has 0 bridgehead atoms. The largest absolute Gasteiger partial charge is 0.395 e. The Hall–Kier alpha value is -1.29. The second kappa shape index (κ2) is 4.53. The van der Waals surface area contributed by atoms with E-state index in [4.69, 9.17) is 5.73 Å². The molecule has 1 aromatic carbocycles. The maximum absolute atomic E-state index is 13.4. The van der Waals surface area contributed by atoms with E-state index in [0.717, 1.165) is 18.8 Å². The van der Waals surface area contributed by atoms with Crippen LogP contribution in [0.4, 0.5) is 15.8 Å². The van der Waals surface area contributed by atoms with E-state index in [-0.39, 0.29) is 11.5 Å². The van der Waals surface area contributed by atoms with E-state index in [9.17, 15) is 4.39 Å². The normalized spacial score (nSPS) is 26.2. The van der Waals surface area contributed by atoms with Crippen molar-refractivity contribution in [2.24, 2.45) is 0 Å². The van der Waals surface area contributed by atoms with E-state index in [1.54, 1.807) is 6.07 Å². The molecule has 1 fully saturated rings. The number of piperazine rings is 1. The molecule has 0 aromatic heterocycles. The molecule has 2 atom stereocenters. The molecule has 1 aliphatic rings. The van der Waals surface area contributed by atoms with Gasteiger partial charge in [-0.2, -0.15) is 0 Å². The quantitative estimate of drug-likeness (QED) is 0.758. The fourth-order valence-electron chi connectivity index (χ4n) is 2.40. The van der Waals surface area contributed by atoms with Crippen LogP contribution < -0.4 is 10.6 Å². The number of benzene rings is 1. The van der Waals surface area contributed by atoms with Gasteiger partial charge in [0.1, 0.15) is 5.82 Å². The summed E-state index contributed by atoms with van der Waals surface area (Å²) in [7, 11) is 2.13. The smallest absolute Gasteiger partial charge is 0.148 e. The van der Waals surface area contributed by atoms with Crippen molar-refractivity contribution in [2.45, 2.75) is 25.9 Å². The minimum atomic E-state index is -0.332. The van der Waals surface area contributed by atoms with Gasteiger partial charge < -0.3 is 10.6 Å². The Bertz CT molecular complexity index is 396. The SMILES string of the molecule is CC1CN(c2cccc(F)c2N)CC(C)N1C. The molecule has 1 aromatic rings. The molecule has 17 heavy (non-hydrogen) atoms. The maximum atomic E-state index is 13.4. The predicted molar refractivity (Wildman–Crippen MR) is 69.7 cm³/mol. The van der Waals surface area contributed by atoms with E-state index < -0.39 is 0 Å². The lowest BCUT2D eigenvalue weighted by Gasteiger charge is -2.43. The lowest BCUT2D eigenvalue weighted by Crippen LogP contribution is -2.55. The Kier molecular flexibility index (Phi) is 3.24. The van der Waals surface area contributed by atoms with Gasteiger partial charge in [-0.25, -0.2) is 4.39 Å². The maximum Gasteiger partial charge on any atom is 0.148 e. The number of nitrogens with two attached hydrogens (primary N) is 1. The Labute approximate surface area is 102 Å². The highest BCUT2D eigenvalue weighted by Crippen LogP contribution is 2.28. The second-order valence-corrected chi connectivity index (χ2v) is 4.94. The van der Waals surface area contributed by atoms with E-state index in [0.29, 0.717) is 12.1 Å². The summed E-state index contributed by atoms with van der Waals surface area (Å²) in [6, 6.07) is 5.91. The van der Waals surface area contributed by atoms with Gasteiger partial charge in [-0.15, -0.1) is 0 Å². The van der Waals surface area contributed by atoms with Crippen LogP contribution in [0.3, 0.4) is 0 Å². The first-order valence-corrected chi connectivity index (χ1v) is 6.01. The minimum absolute atomic E-state index is 0.261. The molecular weight excluding hydrogens is 217 g/mol. The fourth-order valence-corrected chi connectivity index (χ4v) is 2.40. The van der Waals surface area contributed by atoms with Crippen LogP contribution in [0.2, 0.25) is 0 Å². The molecular formula is C13H20FN3. The van der Waals surface area contributed by atoms with Crippen LogP contribution in [0.1, 0.15) is 13.8 Å². The molecule has 2 unspecified atom stereocenters. The van der Waals surface area contributed by atoms with Gasteiger partial charge in [0.2, 0.25) is 0 Å². The van der Waals surface area contributed by atoms with Crippen LogP contribution in [0.25, 0.3) is 0 Å². The lowest BCUT2D eigenvalue weighted by molar-refractivity contribution is 0.170. The first-order chi connectivity index (χ1) is 8.00. The highest BCUT2D eigenvalue weighted by Gasteiger charge is 2.27. The number of halogens is 1. The number of likely N-dealkylation sites (N-methyl/N-ethyl adjacent to an activating group) is 1. The third-order valence-corrected chi connectivity index (χ3v) is 3.73. The number of nitrogen functional groups attached to an aromatic ring is 1. The van der Waals surface area contributed by atoms with E-state index >= 15 is 0 Å². The van der Waals surface area contributed by atoms with Crippen LogP contribution in [0.15, 0.2) is 18.2 Å². The summed E-state index contributed by atoms with van der Waals surface area (Å²) in [5, 5.41) is 0. The predicted octanol–water partition coefficient (Wildman–Crippen LogP) is 1.94. The van der Waals surface area contributed by atoms with Crippen LogP contribution in [-0.4, -0.2) is 37.1 Å². The lowest BCUT2D eigenvalue weighted by atomic mass is 10.1. The zero-order valence-corrected chi connectivity index (χ0v) is 10.7. The van der Waals surface area contributed by atoms with Crippen LogP contribution in [0.5, 0.6) is 0 Å². The van der Waals surface area contributed by atoms with E-state index in [2.05, 4.69) is 30.7 Å².